The molecule has 21 heavy (non-hydrogen) atoms. The van der Waals surface area contributed by atoms with Crippen LogP contribution in [0.15, 0.2) is 24.3 Å². The lowest BCUT2D eigenvalue weighted by Crippen LogP contribution is -2.43. The first-order valence-corrected chi connectivity index (χ1v) is 8.85. The molecule has 6 heteroatoms. The maximum Gasteiger partial charge on any atom is 0.227 e. The first kappa shape index (κ1) is 17.6. The van der Waals surface area contributed by atoms with E-state index in [9.17, 15) is 17.6 Å². The van der Waals surface area contributed by atoms with Crippen molar-refractivity contribution in [1.29, 1.82) is 0 Å². The van der Waals surface area contributed by atoms with Gasteiger partial charge in [0.15, 0.2) is 9.84 Å². The number of rotatable bonds is 7. The number of hydrogen-bond acceptors (Lipinski definition) is 3. The Labute approximate surface area is 125 Å². The SMILES string of the molecule is CCN(C(=O)Cc1cccc(F)c1)[C@@H](C)CS(=O)(=O)CC. The predicted molar refractivity (Wildman–Crippen MR) is 81.3 cm³/mol. The first-order valence-electron chi connectivity index (χ1n) is 7.03. The number of carbonyl (C=O) groups excluding carboxylic acids is 1. The fourth-order valence-corrected chi connectivity index (χ4v) is 3.38. The maximum atomic E-state index is 13.1. The number of benzene rings is 1. The van der Waals surface area contributed by atoms with E-state index in [-0.39, 0.29) is 35.7 Å². The monoisotopic (exact) mass is 315 g/mol. The highest BCUT2D eigenvalue weighted by atomic mass is 32.2. The molecule has 0 heterocycles. The molecule has 0 fully saturated rings. The van der Waals surface area contributed by atoms with Gasteiger partial charge in [-0.15, -0.1) is 0 Å². The molecule has 1 aromatic rings. The summed E-state index contributed by atoms with van der Waals surface area (Å²) < 4.78 is 36.5. The van der Waals surface area contributed by atoms with Crippen LogP contribution in [0.2, 0.25) is 0 Å². The van der Waals surface area contributed by atoms with Crippen LogP contribution in [0.5, 0.6) is 0 Å². The molecule has 118 valence electrons. The van der Waals surface area contributed by atoms with Crippen molar-refractivity contribution in [3.05, 3.63) is 35.6 Å². The van der Waals surface area contributed by atoms with Gasteiger partial charge >= 0.3 is 0 Å². The number of hydrogen-bond donors (Lipinski definition) is 0. The van der Waals surface area contributed by atoms with Crippen LogP contribution in [0.3, 0.4) is 0 Å². The second-order valence-corrected chi connectivity index (χ2v) is 7.43. The molecular weight excluding hydrogens is 293 g/mol. The van der Waals surface area contributed by atoms with Crippen molar-refractivity contribution in [1.82, 2.24) is 4.90 Å². The number of amides is 1. The molecule has 4 nitrogen and oxygen atoms in total. The topological polar surface area (TPSA) is 54.5 Å². The highest BCUT2D eigenvalue weighted by molar-refractivity contribution is 7.91. The van der Waals surface area contributed by atoms with Gasteiger partial charge in [0.2, 0.25) is 5.91 Å². The van der Waals surface area contributed by atoms with Gasteiger partial charge in [-0.05, 0) is 31.5 Å². The zero-order valence-electron chi connectivity index (χ0n) is 12.7. The molecule has 0 unspecified atom stereocenters. The fraction of sp³-hybridized carbons (Fsp3) is 0.533. The van der Waals surface area contributed by atoms with E-state index in [1.54, 1.807) is 32.9 Å². The molecule has 0 bridgehead atoms. The largest absolute Gasteiger partial charge is 0.339 e. The lowest BCUT2D eigenvalue weighted by molar-refractivity contribution is -0.131. The van der Waals surface area contributed by atoms with Crippen LogP contribution in [-0.2, 0) is 21.1 Å². The minimum atomic E-state index is -3.14. The van der Waals surface area contributed by atoms with Gasteiger partial charge in [0.05, 0.1) is 12.2 Å². The van der Waals surface area contributed by atoms with E-state index in [4.69, 9.17) is 0 Å². The highest BCUT2D eigenvalue weighted by Crippen LogP contribution is 2.10. The van der Waals surface area contributed by atoms with Crippen molar-refractivity contribution in [2.75, 3.05) is 18.1 Å². The van der Waals surface area contributed by atoms with Gasteiger partial charge in [-0.3, -0.25) is 4.79 Å². The Kier molecular flexibility index (Phi) is 6.33. The molecule has 0 aliphatic heterocycles. The summed E-state index contributed by atoms with van der Waals surface area (Å²) in [4.78, 5) is 13.8. The van der Waals surface area contributed by atoms with E-state index in [2.05, 4.69) is 0 Å². The quantitative estimate of drug-likeness (QED) is 0.774. The van der Waals surface area contributed by atoms with Crippen LogP contribution < -0.4 is 0 Å². The van der Waals surface area contributed by atoms with Gasteiger partial charge < -0.3 is 4.90 Å². The standard InChI is InChI=1S/C15H22FNO3S/c1-4-17(12(3)11-21(19,20)5-2)15(18)10-13-7-6-8-14(16)9-13/h6-9,12H,4-5,10-11H2,1-3H3/t12-/m0/s1. The lowest BCUT2D eigenvalue weighted by Gasteiger charge is -2.28. The molecule has 0 aromatic heterocycles. The average molecular weight is 315 g/mol. The highest BCUT2D eigenvalue weighted by Gasteiger charge is 2.23. The molecule has 0 aliphatic carbocycles. The van der Waals surface area contributed by atoms with E-state index in [1.165, 1.54) is 17.0 Å². The second-order valence-electron chi connectivity index (χ2n) is 5.03. The Morgan fingerprint density at radius 3 is 2.52 bits per heavy atom. The first-order chi connectivity index (χ1) is 9.79. The summed E-state index contributed by atoms with van der Waals surface area (Å²) in [6, 6.07) is 5.49. The lowest BCUT2D eigenvalue weighted by atomic mass is 10.1. The van der Waals surface area contributed by atoms with Gasteiger partial charge in [-0.1, -0.05) is 19.1 Å². The average Bonchev–Trinajstić information content (AvgIpc) is 2.38. The van der Waals surface area contributed by atoms with Gasteiger partial charge in [-0.25, -0.2) is 12.8 Å². The number of carbonyl (C=O) groups is 1. The third-order valence-electron chi connectivity index (χ3n) is 3.37. The van der Waals surface area contributed by atoms with E-state index in [0.717, 1.165) is 0 Å². The van der Waals surface area contributed by atoms with Gasteiger partial charge in [0.25, 0.3) is 0 Å². The van der Waals surface area contributed by atoms with E-state index in [1.807, 2.05) is 0 Å². The number of likely N-dealkylation sites (N-methyl/N-ethyl adjacent to an activating group) is 1. The van der Waals surface area contributed by atoms with E-state index in [0.29, 0.717) is 12.1 Å². The van der Waals surface area contributed by atoms with Crippen LogP contribution in [-0.4, -0.2) is 43.3 Å². The Bertz CT molecular complexity index is 586. The van der Waals surface area contributed by atoms with Crippen molar-refractivity contribution < 1.29 is 17.6 Å². The Balaban J connectivity index is 2.77. The number of halogens is 1. The van der Waals surface area contributed by atoms with Crippen molar-refractivity contribution in [2.45, 2.75) is 33.2 Å². The minimum absolute atomic E-state index is 0.0494. The zero-order chi connectivity index (χ0) is 16.0. The Hall–Kier alpha value is -1.43. The molecule has 0 aliphatic rings. The van der Waals surface area contributed by atoms with E-state index >= 15 is 0 Å². The van der Waals surface area contributed by atoms with Gasteiger partial charge in [0.1, 0.15) is 5.82 Å². The normalized spacial score (nSPS) is 13.0. The molecule has 1 aromatic carbocycles. The molecule has 0 radical (unpaired) electrons. The minimum Gasteiger partial charge on any atom is -0.339 e. The molecule has 0 spiro atoms. The maximum absolute atomic E-state index is 13.1. The fourth-order valence-electron chi connectivity index (χ4n) is 2.23. The van der Waals surface area contributed by atoms with Crippen LogP contribution in [0.1, 0.15) is 26.3 Å². The van der Waals surface area contributed by atoms with E-state index < -0.39 is 9.84 Å². The summed E-state index contributed by atoms with van der Waals surface area (Å²) in [5.41, 5.74) is 0.587. The third kappa shape index (κ3) is 5.46. The molecule has 1 amide bonds. The summed E-state index contributed by atoms with van der Waals surface area (Å²) in [7, 11) is -3.14. The predicted octanol–water partition coefficient (Wildman–Crippen LogP) is 2.04. The number of nitrogens with zero attached hydrogens (tertiary/aromatic N) is 1. The summed E-state index contributed by atoms with van der Waals surface area (Å²) in [6.07, 6.45) is 0.0715. The van der Waals surface area contributed by atoms with Crippen molar-refractivity contribution in [3.8, 4) is 0 Å². The van der Waals surface area contributed by atoms with Crippen LogP contribution in [0, 0.1) is 5.82 Å². The number of sulfone groups is 1. The summed E-state index contributed by atoms with van der Waals surface area (Å²) >= 11 is 0. The van der Waals surface area contributed by atoms with Crippen molar-refractivity contribution in [3.63, 3.8) is 0 Å². The van der Waals surface area contributed by atoms with Crippen LogP contribution in [0.25, 0.3) is 0 Å². The molecular formula is C15H22FNO3S. The molecule has 1 rings (SSSR count). The summed E-state index contributed by atoms with van der Waals surface area (Å²) in [5.74, 6) is -0.564. The molecule has 0 N–H and O–H groups in total. The third-order valence-corrected chi connectivity index (χ3v) is 5.24. The Morgan fingerprint density at radius 1 is 1.33 bits per heavy atom. The molecule has 1 atom stereocenters. The van der Waals surface area contributed by atoms with Crippen LogP contribution >= 0.6 is 0 Å². The second kappa shape index (κ2) is 7.54. The molecule has 0 saturated carbocycles. The smallest absolute Gasteiger partial charge is 0.227 e. The Morgan fingerprint density at radius 2 is 2.00 bits per heavy atom. The van der Waals surface area contributed by atoms with Gasteiger partial charge in [-0.2, -0.15) is 0 Å². The van der Waals surface area contributed by atoms with Crippen LogP contribution in [0.4, 0.5) is 4.39 Å². The van der Waals surface area contributed by atoms with Gasteiger partial charge in [0, 0.05) is 18.3 Å². The summed E-state index contributed by atoms with van der Waals surface area (Å²) in [6.45, 7) is 5.54. The summed E-state index contributed by atoms with van der Waals surface area (Å²) in [5, 5.41) is 0. The van der Waals surface area contributed by atoms with Crippen molar-refractivity contribution in [2.24, 2.45) is 0 Å². The molecule has 0 saturated heterocycles. The van der Waals surface area contributed by atoms with Crippen molar-refractivity contribution >= 4 is 15.7 Å². The zero-order valence-corrected chi connectivity index (χ0v) is 13.5.